The van der Waals surface area contributed by atoms with E-state index in [0.29, 0.717) is 18.8 Å². The number of hydrogen-bond donors (Lipinski definition) is 1. The summed E-state index contributed by atoms with van der Waals surface area (Å²) in [5.41, 5.74) is 6.16. The van der Waals surface area contributed by atoms with Gasteiger partial charge in [-0.15, -0.1) is 0 Å². The fourth-order valence-corrected chi connectivity index (χ4v) is 1.57. The molecule has 4 nitrogen and oxygen atoms in total. The Kier molecular flexibility index (Phi) is 5.05. The first-order valence-electron chi connectivity index (χ1n) is 5.71. The fraction of sp³-hybridized carbons (Fsp3) is 0.583. The van der Waals surface area contributed by atoms with Gasteiger partial charge in [0.15, 0.2) is 0 Å². The fourth-order valence-electron chi connectivity index (χ4n) is 1.57. The number of aromatic nitrogens is 1. The summed E-state index contributed by atoms with van der Waals surface area (Å²) in [7, 11) is 0. The predicted molar refractivity (Wildman–Crippen MR) is 65.4 cm³/mol. The van der Waals surface area contributed by atoms with Crippen LogP contribution in [0.3, 0.4) is 0 Å². The summed E-state index contributed by atoms with van der Waals surface area (Å²) in [5.74, 6) is 0. The summed E-state index contributed by atoms with van der Waals surface area (Å²) < 4.78 is 7.16. The normalized spacial score (nSPS) is 12.6. The topological polar surface area (TPSA) is 57.2 Å². The first kappa shape index (κ1) is 12.8. The minimum absolute atomic E-state index is 0.0408. The molecule has 1 aromatic heterocycles. The molecule has 0 spiro atoms. The summed E-state index contributed by atoms with van der Waals surface area (Å²) in [6.45, 7) is 5.27. The first-order chi connectivity index (χ1) is 7.63. The number of hydrogen-bond acceptors (Lipinski definition) is 3. The van der Waals surface area contributed by atoms with Crippen molar-refractivity contribution < 1.29 is 4.74 Å². The van der Waals surface area contributed by atoms with Crippen molar-refractivity contribution in [1.82, 2.24) is 4.57 Å². The average molecular weight is 224 g/mol. The second kappa shape index (κ2) is 6.33. The molecule has 0 amide bonds. The standard InChI is InChI=1S/C12H20N2O2/c1-3-4-10(2)16-8-7-14-9-11(13)5-6-12(14)15/h5-6,9-10H,3-4,7-8,13H2,1-2H3. The molecule has 0 fully saturated rings. The lowest BCUT2D eigenvalue weighted by Crippen LogP contribution is -2.22. The number of ether oxygens (including phenoxy) is 1. The lowest BCUT2D eigenvalue weighted by atomic mass is 10.2. The van der Waals surface area contributed by atoms with E-state index >= 15 is 0 Å². The molecule has 1 atom stereocenters. The van der Waals surface area contributed by atoms with Gasteiger partial charge in [-0.1, -0.05) is 13.3 Å². The van der Waals surface area contributed by atoms with Crippen molar-refractivity contribution in [1.29, 1.82) is 0 Å². The van der Waals surface area contributed by atoms with Crippen LogP contribution >= 0.6 is 0 Å². The van der Waals surface area contributed by atoms with Crippen LogP contribution < -0.4 is 11.3 Å². The summed E-state index contributed by atoms with van der Waals surface area (Å²) in [5, 5.41) is 0. The highest BCUT2D eigenvalue weighted by Crippen LogP contribution is 2.01. The third-order valence-corrected chi connectivity index (χ3v) is 2.44. The zero-order valence-corrected chi connectivity index (χ0v) is 9.98. The molecule has 0 aliphatic heterocycles. The van der Waals surface area contributed by atoms with Gasteiger partial charge in [0.05, 0.1) is 12.7 Å². The molecular formula is C12H20N2O2. The van der Waals surface area contributed by atoms with Crippen molar-refractivity contribution >= 4 is 5.69 Å². The van der Waals surface area contributed by atoms with Crippen LogP contribution in [-0.2, 0) is 11.3 Å². The molecule has 0 aliphatic rings. The summed E-state index contributed by atoms with van der Waals surface area (Å²) in [6, 6.07) is 3.09. The molecule has 90 valence electrons. The van der Waals surface area contributed by atoms with Crippen molar-refractivity contribution in [3.8, 4) is 0 Å². The highest BCUT2D eigenvalue weighted by Gasteiger charge is 2.01. The summed E-state index contributed by atoms with van der Waals surface area (Å²) in [6.07, 6.45) is 4.06. The van der Waals surface area contributed by atoms with Crippen molar-refractivity contribution in [3.05, 3.63) is 28.7 Å². The minimum atomic E-state index is -0.0408. The third kappa shape index (κ3) is 4.06. The van der Waals surface area contributed by atoms with Crippen LogP contribution in [0, 0.1) is 0 Å². The maximum absolute atomic E-state index is 11.4. The number of anilines is 1. The Bertz CT molecular complexity index is 374. The molecule has 1 aromatic rings. The Hall–Kier alpha value is -1.29. The SMILES string of the molecule is CCCC(C)OCCn1cc(N)ccc1=O. The van der Waals surface area contributed by atoms with Crippen LogP contribution in [0.25, 0.3) is 0 Å². The molecule has 0 radical (unpaired) electrons. The van der Waals surface area contributed by atoms with Crippen LogP contribution in [0.15, 0.2) is 23.1 Å². The summed E-state index contributed by atoms with van der Waals surface area (Å²) >= 11 is 0. The Morgan fingerprint density at radius 2 is 2.25 bits per heavy atom. The lowest BCUT2D eigenvalue weighted by molar-refractivity contribution is 0.0540. The molecule has 1 heterocycles. The van der Waals surface area contributed by atoms with Gasteiger partial charge in [-0.2, -0.15) is 0 Å². The second-order valence-electron chi connectivity index (χ2n) is 3.96. The minimum Gasteiger partial charge on any atom is -0.398 e. The van der Waals surface area contributed by atoms with Crippen molar-refractivity contribution in [3.63, 3.8) is 0 Å². The van der Waals surface area contributed by atoms with E-state index < -0.39 is 0 Å². The zero-order chi connectivity index (χ0) is 12.0. The van der Waals surface area contributed by atoms with Gasteiger partial charge in [-0.25, -0.2) is 0 Å². The summed E-state index contributed by atoms with van der Waals surface area (Å²) in [4.78, 5) is 11.4. The highest BCUT2D eigenvalue weighted by molar-refractivity contribution is 5.33. The second-order valence-corrected chi connectivity index (χ2v) is 3.96. The number of nitrogens with zero attached hydrogens (tertiary/aromatic N) is 1. The van der Waals surface area contributed by atoms with Crippen LogP contribution in [0.1, 0.15) is 26.7 Å². The number of nitrogens with two attached hydrogens (primary N) is 1. The van der Waals surface area contributed by atoms with Gasteiger partial charge in [0.2, 0.25) is 0 Å². The Labute approximate surface area is 96.0 Å². The van der Waals surface area contributed by atoms with Gasteiger partial charge in [-0.05, 0) is 19.4 Å². The van der Waals surface area contributed by atoms with Gasteiger partial charge in [0.25, 0.3) is 5.56 Å². The van der Waals surface area contributed by atoms with Crippen LogP contribution in [-0.4, -0.2) is 17.3 Å². The Morgan fingerprint density at radius 1 is 1.50 bits per heavy atom. The molecular weight excluding hydrogens is 204 g/mol. The van der Waals surface area contributed by atoms with E-state index in [9.17, 15) is 4.79 Å². The number of rotatable bonds is 6. The quantitative estimate of drug-likeness (QED) is 0.799. The molecule has 0 aliphatic carbocycles. The van der Waals surface area contributed by atoms with E-state index in [2.05, 4.69) is 6.92 Å². The maximum atomic E-state index is 11.4. The maximum Gasteiger partial charge on any atom is 0.250 e. The van der Waals surface area contributed by atoms with Crippen LogP contribution in [0.4, 0.5) is 5.69 Å². The zero-order valence-electron chi connectivity index (χ0n) is 9.98. The predicted octanol–water partition coefficient (Wildman–Crippen LogP) is 1.64. The average Bonchev–Trinajstić information content (AvgIpc) is 2.23. The van der Waals surface area contributed by atoms with Crippen LogP contribution in [0.2, 0.25) is 0 Å². The molecule has 1 unspecified atom stereocenters. The van der Waals surface area contributed by atoms with Gasteiger partial charge >= 0.3 is 0 Å². The first-order valence-corrected chi connectivity index (χ1v) is 5.71. The molecule has 1 rings (SSSR count). The number of pyridine rings is 1. The monoisotopic (exact) mass is 224 g/mol. The Balaban J connectivity index is 2.43. The van der Waals surface area contributed by atoms with Gasteiger partial charge in [0, 0.05) is 24.5 Å². The van der Waals surface area contributed by atoms with E-state index in [1.54, 1.807) is 16.8 Å². The van der Waals surface area contributed by atoms with E-state index in [4.69, 9.17) is 10.5 Å². The van der Waals surface area contributed by atoms with E-state index in [1.807, 2.05) is 6.92 Å². The largest absolute Gasteiger partial charge is 0.398 e. The highest BCUT2D eigenvalue weighted by atomic mass is 16.5. The van der Waals surface area contributed by atoms with Gasteiger partial charge < -0.3 is 15.0 Å². The third-order valence-electron chi connectivity index (χ3n) is 2.44. The van der Waals surface area contributed by atoms with Crippen molar-refractivity contribution in [2.24, 2.45) is 0 Å². The van der Waals surface area contributed by atoms with Crippen LogP contribution in [0.5, 0.6) is 0 Å². The molecule has 16 heavy (non-hydrogen) atoms. The Morgan fingerprint density at radius 3 is 2.94 bits per heavy atom. The molecule has 2 N–H and O–H groups in total. The molecule has 0 aromatic carbocycles. The molecule has 0 bridgehead atoms. The van der Waals surface area contributed by atoms with Crippen molar-refractivity contribution in [2.45, 2.75) is 39.3 Å². The van der Waals surface area contributed by atoms with E-state index in [-0.39, 0.29) is 11.7 Å². The molecule has 4 heteroatoms. The smallest absolute Gasteiger partial charge is 0.250 e. The van der Waals surface area contributed by atoms with E-state index in [0.717, 1.165) is 12.8 Å². The number of nitrogen functional groups attached to an aromatic ring is 1. The van der Waals surface area contributed by atoms with Gasteiger partial charge in [0.1, 0.15) is 0 Å². The van der Waals surface area contributed by atoms with Gasteiger partial charge in [-0.3, -0.25) is 4.79 Å². The lowest BCUT2D eigenvalue weighted by Gasteiger charge is -2.12. The molecule has 0 saturated heterocycles. The molecule has 0 saturated carbocycles. The van der Waals surface area contributed by atoms with Crippen molar-refractivity contribution in [2.75, 3.05) is 12.3 Å². The van der Waals surface area contributed by atoms with E-state index in [1.165, 1.54) is 6.07 Å².